The van der Waals surface area contributed by atoms with Crippen LogP contribution in [0, 0.1) is 34.5 Å². The Kier molecular flexibility index (Phi) is 13.2. The van der Waals surface area contributed by atoms with Crippen molar-refractivity contribution in [2.24, 2.45) is 34.5 Å². The molecule has 1 saturated heterocycles. The standard InChI is InChI=1S/C47H61NO13/c1-9-10-13-22-33(50)59-38(36(27-18-14-11-15-19-27)48-43(55)61-44(3,4)5)42(54)58-31-24-47(56)40(60-41(53)28-20-16-12-17-21-28)35-29-25-57-30(29)23-32(49)46(35,8)39(52)37(51)34(26(31)2)45(47,6)7/h11-12,14-21,26,29-32,34-36,38,40,49,56H,9-10,13,22-25H2,1-8H3,(H,48,55). The molecule has 1 amide bonds. The molecule has 1 heterocycles. The highest BCUT2D eigenvalue weighted by Gasteiger charge is 2.74. The van der Waals surface area contributed by atoms with Crippen molar-refractivity contribution in [1.29, 1.82) is 0 Å². The number of ketones is 2. The lowest BCUT2D eigenvalue weighted by Gasteiger charge is -2.65. The average molecular weight is 848 g/mol. The molecule has 6 rings (SSSR count). The number of benzene rings is 2. The molecule has 2 aromatic carbocycles. The van der Waals surface area contributed by atoms with E-state index in [1.54, 1.807) is 102 Å². The first-order valence-electron chi connectivity index (χ1n) is 21.5. The van der Waals surface area contributed by atoms with Gasteiger partial charge < -0.3 is 39.2 Å². The van der Waals surface area contributed by atoms with Crippen LogP contribution in [0.25, 0.3) is 0 Å². The van der Waals surface area contributed by atoms with E-state index in [2.05, 4.69) is 5.32 Å². The molecule has 3 saturated carbocycles. The van der Waals surface area contributed by atoms with Gasteiger partial charge in [0.2, 0.25) is 17.7 Å². The molecule has 0 radical (unpaired) electrons. The third kappa shape index (κ3) is 8.72. The molecule has 14 nitrogen and oxygen atoms in total. The second-order valence-electron chi connectivity index (χ2n) is 19.0. The minimum Gasteiger partial charge on any atom is -0.459 e. The summed E-state index contributed by atoms with van der Waals surface area (Å²) in [6, 6.07) is 15.2. The Hall–Kier alpha value is -4.66. The molecular formula is C47H61NO13. The van der Waals surface area contributed by atoms with E-state index in [1.165, 1.54) is 6.92 Å². The van der Waals surface area contributed by atoms with E-state index in [4.69, 9.17) is 23.7 Å². The van der Waals surface area contributed by atoms with E-state index in [9.17, 15) is 39.0 Å². The Morgan fingerprint density at radius 2 is 1.59 bits per heavy atom. The molecule has 14 heteroatoms. The number of aliphatic hydroxyl groups excluding tert-OH is 1. The Morgan fingerprint density at radius 3 is 2.18 bits per heavy atom. The van der Waals surface area contributed by atoms with E-state index in [0.717, 1.165) is 12.8 Å². The molecule has 0 aromatic heterocycles. The number of alkyl carbamates (subject to hydrolysis) is 1. The van der Waals surface area contributed by atoms with Crippen molar-refractivity contribution >= 4 is 35.6 Å². The summed E-state index contributed by atoms with van der Waals surface area (Å²) in [5.74, 6) is -8.17. The molecule has 3 N–H and O–H groups in total. The van der Waals surface area contributed by atoms with Crippen LogP contribution in [0.15, 0.2) is 60.7 Å². The van der Waals surface area contributed by atoms with E-state index < -0.39 is 118 Å². The number of unbranched alkanes of at least 4 members (excludes halogenated alkanes) is 2. The normalized spacial score (nSPS) is 32.6. The van der Waals surface area contributed by atoms with Gasteiger partial charge in [-0.05, 0) is 51.8 Å². The minimum absolute atomic E-state index is 0.0234. The van der Waals surface area contributed by atoms with Crippen LogP contribution in [0.1, 0.15) is 116 Å². The summed E-state index contributed by atoms with van der Waals surface area (Å²) in [7, 11) is 0. The number of amides is 1. The van der Waals surface area contributed by atoms with Crippen molar-refractivity contribution in [3.05, 3.63) is 71.8 Å². The summed E-state index contributed by atoms with van der Waals surface area (Å²) in [5, 5.41) is 27.9. The lowest BCUT2D eigenvalue weighted by molar-refractivity contribution is -0.292. The summed E-state index contributed by atoms with van der Waals surface area (Å²) in [5.41, 5.74) is -5.79. The molecule has 0 spiro atoms. The van der Waals surface area contributed by atoms with Gasteiger partial charge in [0.25, 0.3) is 0 Å². The zero-order chi connectivity index (χ0) is 44.7. The fourth-order valence-electron chi connectivity index (χ4n) is 10.2. The average Bonchev–Trinajstić information content (AvgIpc) is 3.19. The molecule has 1 aliphatic heterocycles. The van der Waals surface area contributed by atoms with Crippen LogP contribution in [-0.4, -0.2) is 94.1 Å². The molecule has 12 unspecified atom stereocenters. The minimum atomic E-state index is -2.17. The highest BCUT2D eigenvalue weighted by atomic mass is 16.6. The number of ether oxygens (including phenoxy) is 5. The van der Waals surface area contributed by atoms with Crippen LogP contribution < -0.4 is 5.32 Å². The Morgan fingerprint density at radius 1 is 0.951 bits per heavy atom. The summed E-state index contributed by atoms with van der Waals surface area (Å²) < 4.78 is 29.9. The predicted molar refractivity (Wildman–Crippen MR) is 220 cm³/mol. The number of esters is 3. The van der Waals surface area contributed by atoms with Gasteiger partial charge in [-0.1, -0.05) is 89.1 Å². The van der Waals surface area contributed by atoms with Crippen LogP contribution in [-0.2, 0) is 42.9 Å². The number of fused-ring (bicyclic) bond motifs is 5. The molecule has 2 bridgehead atoms. The lowest BCUT2D eigenvalue weighted by atomic mass is 9.43. The van der Waals surface area contributed by atoms with Crippen LogP contribution in [0.2, 0.25) is 0 Å². The van der Waals surface area contributed by atoms with E-state index in [1.807, 2.05) is 6.92 Å². The monoisotopic (exact) mass is 847 g/mol. The second kappa shape index (κ2) is 17.6. The summed E-state index contributed by atoms with van der Waals surface area (Å²) in [6.45, 7) is 13.5. The Bertz CT molecular complexity index is 1960. The third-order valence-electron chi connectivity index (χ3n) is 13.7. The largest absolute Gasteiger partial charge is 0.459 e. The zero-order valence-electron chi connectivity index (χ0n) is 36.4. The predicted octanol–water partition coefficient (Wildman–Crippen LogP) is 5.85. The lowest BCUT2D eigenvalue weighted by Crippen LogP contribution is -2.77. The van der Waals surface area contributed by atoms with Crippen LogP contribution in [0.3, 0.4) is 0 Å². The zero-order valence-corrected chi connectivity index (χ0v) is 36.4. The molecule has 2 aromatic rings. The SMILES string of the molecule is CCCCCC(=O)OC(C(=O)OC1CC2(O)C(OC(=O)c3ccccc3)C3C4COC4CC(O)C3(C)C(=O)C(=O)C(C1C)C2(C)C)C(NC(=O)OC(C)(C)C)c1ccccc1. The number of carbonyl (C=O) groups is 6. The van der Waals surface area contributed by atoms with Gasteiger partial charge in [0, 0.05) is 48.3 Å². The van der Waals surface area contributed by atoms with E-state index in [-0.39, 0.29) is 31.4 Å². The van der Waals surface area contributed by atoms with Crippen LogP contribution in [0.4, 0.5) is 4.79 Å². The van der Waals surface area contributed by atoms with Gasteiger partial charge in [0.05, 0.1) is 29.8 Å². The quantitative estimate of drug-likeness (QED) is 0.0996. The molecule has 4 fully saturated rings. The maximum Gasteiger partial charge on any atom is 0.408 e. The molecule has 4 aliphatic rings. The fourth-order valence-corrected chi connectivity index (χ4v) is 10.2. The Labute approximate surface area is 357 Å². The van der Waals surface area contributed by atoms with Gasteiger partial charge in [-0.3, -0.25) is 14.4 Å². The van der Waals surface area contributed by atoms with E-state index >= 15 is 0 Å². The second-order valence-corrected chi connectivity index (χ2v) is 19.0. The molecule has 12 atom stereocenters. The molecule has 3 aliphatic carbocycles. The number of rotatable bonds is 12. The number of nitrogens with one attached hydrogen (secondary N) is 1. The summed E-state index contributed by atoms with van der Waals surface area (Å²) in [4.78, 5) is 85.3. The smallest absolute Gasteiger partial charge is 0.408 e. The first-order chi connectivity index (χ1) is 28.6. The summed E-state index contributed by atoms with van der Waals surface area (Å²) >= 11 is 0. The van der Waals surface area contributed by atoms with Gasteiger partial charge in [-0.2, -0.15) is 0 Å². The highest BCUT2D eigenvalue weighted by molar-refractivity contribution is 6.40. The van der Waals surface area contributed by atoms with Gasteiger partial charge >= 0.3 is 24.0 Å². The Balaban J connectivity index is 1.44. The van der Waals surface area contributed by atoms with Crippen LogP contribution in [0.5, 0.6) is 0 Å². The molecule has 332 valence electrons. The van der Waals surface area contributed by atoms with Gasteiger partial charge in [-0.25, -0.2) is 14.4 Å². The maximum atomic E-state index is 14.8. The topological polar surface area (TPSA) is 201 Å². The highest BCUT2D eigenvalue weighted by Crippen LogP contribution is 2.62. The van der Waals surface area contributed by atoms with Gasteiger partial charge in [0.15, 0.2) is 0 Å². The number of carbonyl (C=O) groups excluding carboxylic acids is 6. The number of hydrogen-bond donors (Lipinski definition) is 3. The van der Waals surface area contributed by atoms with Crippen molar-refractivity contribution in [1.82, 2.24) is 5.32 Å². The van der Waals surface area contributed by atoms with Gasteiger partial charge in [-0.15, -0.1) is 0 Å². The first kappa shape index (κ1) is 45.9. The van der Waals surface area contributed by atoms with Gasteiger partial charge in [0.1, 0.15) is 29.5 Å². The van der Waals surface area contributed by atoms with Crippen molar-refractivity contribution in [2.45, 2.75) is 142 Å². The molecular weight excluding hydrogens is 787 g/mol. The number of Topliss-reactive ketones (excluding diaryl/α,β-unsaturated/α-hetero) is 2. The van der Waals surface area contributed by atoms with Crippen molar-refractivity contribution in [3.8, 4) is 0 Å². The van der Waals surface area contributed by atoms with Crippen molar-refractivity contribution in [2.75, 3.05) is 6.61 Å². The van der Waals surface area contributed by atoms with Crippen molar-refractivity contribution in [3.63, 3.8) is 0 Å². The fraction of sp³-hybridized carbons (Fsp3) is 0.617. The van der Waals surface area contributed by atoms with Crippen molar-refractivity contribution < 1.29 is 62.7 Å². The summed E-state index contributed by atoms with van der Waals surface area (Å²) in [6.07, 6.45) is -5.73. The first-order valence-corrected chi connectivity index (χ1v) is 21.5. The third-order valence-corrected chi connectivity index (χ3v) is 13.7. The van der Waals surface area contributed by atoms with E-state index in [0.29, 0.717) is 12.0 Å². The number of aliphatic hydroxyl groups is 2. The number of hydrogen-bond acceptors (Lipinski definition) is 13. The maximum absolute atomic E-state index is 14.8. The van der Waals surface area contributed by atoms with Crippen LogP contribution >= 0.6 is 0 Å². The molecule has 61 heavy (non-hydrogen) atoms.